The molecule has 0 aliphatic carbocycles. The number of morpholine rings is 1. The number of hydrogen-bond acceptors (Lipinski definition) is 4. The maximum Gasteiger partial charge on any atom is 0.264 e. The fraction of sp³-hybridized carbons (Fsp3) is 0.643. The van der Waals surface area contributed by atoms with Gasteiger partial charge in [0.2, 0.25) is 0 Å². The minimum absolute atomic E-state index is 0.167. The maximum atomic E-state index is 12.4. The maximum absolute atomic E-state index is 12.4. The number of likely N-dealkylation sites (tertiary alicyclic amines) is 1. The van der Waals surface area contributed by atoms with E-state index < -0.39 is 0 Å². The van der Waals surface area contributed by atoms with Crippen molar-refractivity contribution in [1.82, 2.24) is 9.80 Å². The molecule has 0 N–H and O–H groups in total. The van der Waals surface area contributed by atoms with Crippen molar-refractivity contribution >= 4 is 17.2 Å². The number of carbonyl (C=O) groups is 1. The average molecular weight is 280 g/mol. The molecule has 1 amide bonds. The molecule has 4 nitrogen and oxygen atoms in total. The van der Waals surface area contributed by atoms with Gasteiger partial charge in [0.1, 0.15) is 0 Å². The third-order valence-corrected chi connectivity index (χ3v) is 5.16. The van der Waals surface area contributed by atoms with Crippen molar-refractivity contribution in [3.63, 3.8) is 0 Å². The van der Waals surface area contributed by atoms with Crippen molar-refractivity contribution in [3.8, 4) is 0 Å². The highest BCUT2D eigenvalue weighted by Crippen LogP contribution is 2.35. The fourth-order valence-corrected chi connectivity index (χ4v) is 4.02. The number of rotatable bonds is 2. The molecule has 2 aliphatic rings. The molecule has 0 saturated carbocycles. The summed E-state index contributed by atoms with van der Waals surface area (Å²) in [5.41, 5.74) is 0. The highest BCUT2D eigenvalue weighted by Gasteiger charge is 2.26. The molecule has 3 rings (SSSR count). The van der Waals surface area contributed by atoms with Crippen LogP contribution in [0.2, 0.25) is 0 Å². The van der Waals surface area contributed by atoms with Crippen LogP contribution in [-0.2, 0) is 4.74 Å². The van der Waals surface area contributed by atoms with E-state index in [1.54, 1.807) is 11.3 Å². The summed E-state index contributed by atoms with van der Waals surface area (Å²) < 4.78 is 5.29. The Balaban J connectivity index is 1.71. The number of thiophene rings is 1. The molecule has 0 spiro atoms. The molecule has 3 heterocycles. The van der Waals surface area contributed by atoms with E-state index >= 15 is 0 Å². The van der Waals surface area contributed by atoms with Crippen LogP contribution in [0.15, 0.2) is 12.1 Å². The van der Waals surface area contributed by atoms with Gasteiger partial charge in [-0.15, -0.1) is 11.3 Å². The standard InChI is InChI=1S/C14H20N2O2S/c1-15-6-2-3-11(15)12-4-5-13(19-12)14(17)16-7-9-18-10-8-16/h4-5,11H,2-3,6-10H2,1H3. The van der Waals surface area contributed by atoms with Crippen LogP contribution >= 0.6 is 11.3 Å². The average Bonchev–Trinajstić information content (AvgIpc) is 3.07. The van der Waals surface area contributed by atoms with Crippen LogP contribution in [-0.4, -0.2) is 55.6 Å². The van der Waals surface area contributed by atoms with Crippen molar-refractivity contribution in [1.29, 1.82) is 0 Å². The predicted octanol–water partition coefficient (Wildman–Crippen LogP) is 1.99. The lowest BCUT2D eigenvalue weighted by Gasteiger charge is -2.26. The highest BCUT2D eigenvalue weighted by molar-refractivity contribution is 7.14. The Morgan fingerprint density at radius 1 is 1.32 bits per heavy atom. The van der Waals surface area contributed by atoms with Gasteiger partial charge in [-0.1, -0.05) is 0 Å². The van der Waals surface area contributed by atoms with Gasteiger partial charge in [0, 0.05) is 24.0 Å². The van der Waals surface area contributed by atoms with E-state index in [2.05, 4.69) is 18.0 Å². The molecule has 0 bridgehead atoms. The van der Waals surface area contributed by atoms with Crippen molar-refractivity contribution in [2.75, 3.05) is 39.9 Å². The van der Waals surface area contributed by atoms with Crippen LogP contribution < -0.4 is 0 Å². The lowest BCUT2D eigenvalue weighted by molar-refractivity contribution is 0.0306. The SMILES string of the molecule is CN1CCCC1c1ccc(C(=O)N2CCOCC2)s1. The van der Waals surface area contributed by atoms with Gasteiger partial charge in [-0.2, -0.15) is 0 Å². The second kappa shape index (κ2) is 5.61. The zero-order valence-electron chi connectivity index (χ0n) is 11.3. The Morgan fingerprint density at radius 3 is 2.79 bits per heavy atom. The summed E-state index contributed by atoms with van der Waals surface area (Å²) >= 11 is 1.66. The molecule has 1 unspecified atom stereocenters. The van der Waals surface area contributed by atoms with Gasteiger partial charge in [-0.05, 0) is 38.6 Å². The largest absolute Gasteiger partial charge is 0.378 e. The summed E-state index contributed by atoms with van der Waals surface area (Å²) in [6.07, 6.45) is 2.47. The lowest BCUT2D eigenvalue weighted by atomic mass is 10.2. The van der Waals surface area contributed by atoms with E-state index in [9.17, 15) is 4.79 Å². The molecule has 0 radical (unpaired) electrons. The van der Waals surface area contributed by atoms with Gasteiger partial charge in [0.05, 0.1) is 18.1 Å². The number of nitrogens with zero attached hydrogens (tertiary/aromatic N) is 2. The molecule has 2 fully saturated rings. The van der Waals surface area contributed by atoms with E-state index in [4.69, 9.17) is 4.74 Å². The van der Waals surface area contributed by atoms with Crippen LogP contribution in [0.1, 0.15) is 33.4 Å². The van der Waals surface area contributed by atoms with E-state index in [1.807, 2.05) is 11.0 Å². The summed E-state index contributed by atoms with van der Waals surface area (Å²) in [6, 6.07) is 4.63. The third-order valence-electron chi connectivity index (χ3n) is 3.98. The van der Waals surface area contributed by atoms with E-state index in [0.29, 0.717) is 19.3 Å². The smallest absolute Gasteiger partial charge is 0.264 e. The van der Waals surface area contributed by atoms with Crippen LogP contribution in [0.4, 0.5) is 0 Å². The van der Waals surface area contributed by atoms with Crippen LogP contribution in [0.25, 0.3) is 0 Å². The third kappa shape index (κ3) is 2.68. The first-order valence-corrected chi connectivity index (χ1v) is 7.74. The first-order valence-electron chi connectivity index (χ1n) is 6.93. The molecule has 5 heteroatoms. The van der Waals surface area contributed by atoms with Crippen LogP contribution in [0.5, 0.6) is 0 Å². The van der Waals surface area contributed by atoms with Gasteiger partial charge >= 0.3 is 0 Å². The van der Waals surface area contributed by atoms with Crippen molar-refractivity contribution in [2.24, 2.45) is 0 Å². The molecule has 104 valence electrons. The number of carbonyl (C=O) groups excluding carboxylic acids is 1. The molecular weight excluding hydrogens is 260 g/mol. The second-order valence-electron chi connectivity index (χ2n) is 5.25. The molecule has 1 aromatic rings. The van der Waals surface area contributed by atoms with E-state index in [0.717, 1.165) is 24.5 Å². The monoisotopic (exact) mass is 280 g/mol. The first-order chi connectivity index (χ1) is 9.25. The summed E-state index contributed by atoms with van der Waals surface area (Å²) in [5, 5.41) is 0. The van der Waals surface area contributed by atoms with Gasteiger partial charge < -0.3 is 9.64 Å². The van der Waals surface area contributed by atoms with Crippen molar-refractivity contribution in [2.45, 2.75) is 18.9 Å². The van der Waals surface area contributed by atoms with Crippen molar-refractivity contribution < 1.29 is 9.53 Å². The first kappa shape index (κ1) is 13.1. The molecule has 1 atom stereocenters. The van der Waals surface area contributed by atoms with Gasteiger partial charge in [0.15, 0.2) is 0 Å². The Hall–Kier alpha value is -0.910. The Morgan fingerprint density at radius 2 is 2.11 bits per heavy atom. The number of ether oxygens (including phenoxy) is 1. The summed E-state index contributed by atoms with van der Waals surface area (Å²) in [4.78, 5) is 18.9. The fourth-order valence-electron chi connectivity index (χ4n) is 2.84. The summed E-state index contributed by atoms with van der Waals surface area (Å²) in [5.74, 6) is 0.167. The molecule has 2 aliphatic heterocycles. The normalized spacial score (nSPS) is 24.9. The minimum Gasteiger partial charge on any atom is -0.378 e. The van der Waals surface area contributed by atoms with Crippen molar-refractivity contribution in [3.05, 3.63) is 21.9 Å². The van der Waals surface area contributed by atoms with E-state index in [1.165, 1.54) is 17.7 Å². The molecule has 0 aromatic carbocycles. The Labute approximate surface area is 118 Å². The molecular formula is C14H20N2O2S. The van der Waals surface area contributed by atoms with Gasteiger partial charge in [-0.3, -0.25) is 9.69 Å². The summed E-state index contributed by atoms with van der Waals surface area (Å²) in [6.45, 7) is 3.92. The predicted molar refractivity (Wildman–Crippen MR) is 75.6 cm³/mol. The Kier molecular flexibility index (Phi) is 3.86. The molecule has 19 heavy (non-hydrogen) atoms. The van der Waals surface area contributed by atoms with Crippen LogP contribution in [0.3, 0.4) is 0 Å². The highest BCUT2D eigenvalue weighted by atomic mass is 32.1. The zero-order valence-corrected chi connectivity index (χ0v) is 12.1. The number of hydrogen-bond donors (Lipinski definition) is 0. The number of amides is 1. The Bertz CT molecular complexity index is 454. The zero-order chi connectivity index (χ0) is 13.2. The minimum atomic E-state index is 0.167. The molecule has 2 saturated heterocycles. The second-order valence-corrected chi connectivity index (χ2v) is 6.36. The van der Waals surface area contributed by atoms with Gasteiger partial charge in [0.25, 0.3) is 5.91 Å². The van der Waals surface area contributed by atoms with Crippen LogP contribution in [0, 0.1) is 0 Å². The lowest BCUT2D eigenvalue weighted by Crippen LogP contribution is -2.40. The molecule has 1 aromatic heterocycles. The quantitative estimate of drug-likeness (QED) is 0.830. The topological polar surface area (TPSA) is 32.8 Å². The van der Waals surface area contributed by atoms with E-state index in [-0.39, 0.29) is 5.91 Å². The summed E-state index contributed by atoms with van der Waals surface area (Å²) in [7, 11) is 2.17. The van der Waals surface area contributed by atoms with Gasteiger partial charge in [-0.25, -0.2) is 0 Å².